The highest BCUT2D eigenvalue weighted by molar-refractivity contribution is 6.31. The molecule has 0 aliphatic heterocycles. The summed E-state index contributed by atoms with van der Waals surface area (Å²) in [6.07, 6.45) is 7.72. The summed E-state index contributed by atoms with van der Waals surface area (Å²) in [7, 11) is 0. The van der Waals surface area contributed by atoms with Gasteiger partial charge in [-0.1, -0.05) is 30.7 Å². The summed E-state index contributed by atoms with van der Waals surface area (Å²) >= 11 is 6.33. The second-order valence-electron chi connectivity index (χ2n) is 6.92. The Morgan fingerprint density at radius 3 is 2.86 bits per heavy atom. The molecule has 1 aliphatic carbocycles. The van der Waals surface area contributed by atoms with Gasteiger partial charge in [-0.05, 0) is 43.2 Å². The van der Waals surface area contributed by atoms with Crippen molar-refractivity contribution >= 4 is 23.1 Å². The fourth-order valence-electron chi connectivity index (χ4n) is 3.35. The number of halogens is 2. The van der Waals surface area contributed by atoms with Crippen molar-refractivity contribution in [3.8, 4) is 6.07 Å². The van der Waals surface area contributed by atoms with E-state index in [2.05, 4.69) is 21.9 Å². The van der Waals surface area contributed by atoms with Crippen LogP contribution in [0.4, 0.5) is 4.39 Å². The third kappa shape index (κ3) is 4.47. The minimum Gasteiger partial charge on any atom is -0.370 e. The summed E-state index contributed by atoms with van der Waals surface area (Å²) in [5, 5.41) is 12.5. The van der Waals surface area contributed by atoms with Gasteiger partial charge < -0.3 is 11.1 Å². The molecule has 2 aromatic rings. The van der Waals surface area contributed by atoms with E-state index in [1.807, 2.05) is 12.1 Å². The lowest BCUT2D eigenvalue weighted by molar-refractivity contribution is 0.246. The lowest BCUT2D eigenvalue weighted by Gasteiger charge is -2.40. The van der Waals surface area contributed by atoms with Gasteiger partial charge in [-0.2, -0.15) is 5.26 Å². The van der Waals surface area contributed by atoms with Gasteiger partial charge in [0, 0.05) is 28.9 Å². The molecule has 5 nitrogen and oxygen atoms in total. The van der Waals surface area contributed by atoms with Gasteiger partial charge in [0.25, 0.3) is 0 Å². The molecular formula is C22H21ClFN5. The highest BCUT2D eigenvalue weighted by Gasteiger charge is 2.41. The zero-order valence-corrected chi connectivity index (χ0v) is 16.6. The number of nitrogens with two attached hydrogens (primary N) is 1. The lowest BCUT2D eigenvalue weighted by atomic mass is 9.66. The van der Waals surface area contributed by atoms with Crippen molar-refractivity contribution in [2.75, 3.05) is 6.54 Å². The normalized spacial score (nSPS) is 15.9. The van der Waals surface area contributed by atoms with Crippen molar-refractivity contribution in [3.05, 3.63) is 83.0 Å². The third-order valence-electron chi connectivity index (χ3n) is 5.13. The lowest BCUT2D eigenvalue weighted by Crippen LogP contribution is -2.40. The Bertz CT molecular complexity index is 1020. The number of benzene rings is 1. The summed E-state index contributed by atoms with van der Waals surface area (Å²) < 4.78 is 14.1. The number of nitrogens with zero attached hydrogens (tertiary/aromatic N) is 3. The van der Waals surface area contributed by atoms with Gasteiger partial charge in [-0.15, -0.1) is 0 Å². The van der Waals surface area contributed by atoms with E-state index in [0.29, 0.717) is 22.7 Å². The van der Waals surface area contributed by atoms with Crippen LogP contribution in [-0.4, -0.2) is 17.5 Å². The van der Waals surface area contributed by atoms with E-state index in [4.69, 9.17) is 22.6 Å². The fourth-order valence-corrected chi connectivity index (χ4v) is 3.67. The molecule has 0 radical (unpaired) electrons. The number of aliphatic imine (C=N–C) groups is 1. The maximum Gasteiger partial charge on any atom is 0.192 e. The molecular weight excluding hydrogens is 389 g/mol. The molecule has 1 saturated carbocycles. The van der Waals surface area contributed by atoms with Gasteiger partial charge in [-0.3, -0.25) is 9.98 Å². The molecule has 1 aromatic heterocycles. The predicted octanol–water partition coefficient (Wildman–Crippen LogP) is 4.30. The average Bonchev–Trinajstić information content (AvgIpc) is 2.70. The molecule has 0 amide bonds. The summed E-state index contributed by atoms with van der Waals surface area (Å²) in [5.74, 6) is -0.259. The zero-order chi connectivity index (χ0) is 20.9. The van der Waals surface area contributed by atoms with Crippen molar-refractivity contribution in [2.45, 2.75) is 24.7 Å². The molecule has 0 bridgehead atoms. The Hall–Kier alpha value is -3.17. The first-order valence-corrected chi connectivity index (χ1v) is 9.57. The van der Waals surface area contributed by atoms with Crippen LogP contribution in [0, 0.1) is 17.1 Å². The summed E-state index contributed by atoms with van der Waals surface area (Å²) in [6, 6.07) is 9.76. The van der Waals surface area contributed by atoms with Crippen LogP contribution < -0.4 is 11.1 Å². The predicted molar refractivity (Wildman–Crippen MR) is 114 cm³/mol. The number of nitrogens with one attached hydrogen (secondary N) is 1. The van der Waals surface area contributed by atoms with Gasteiger partial charge in [0.2, 0.25) is 0 Å². The van der Waals surface area contributed by atoms with E-state index >= 15 is 0 Å². The number of nitriles is 1. The van der Waals surface area contributed by atoms with Crippen molar-refractivity contribution in [1.82, 2.24) is 10.3 Å². The molecule has 7 heteroatoms. The number of rotatable bonds is 6. The van der Waals surface area contributed by atoms with E-state index in [9.17, 15) is 4.39 Å². The number of allylic oxidation sites excluding steroid dienone is 2. The Labute approximate surface area is 174 Å². The molecule has 1 aromatic carbocycles. The van der Waals surface area contributed by atoms with Crippen LogP contribution in [0.1, 0.15) is 36.1 Å². The quantitative estimate of drug-likeness (QED) is 0.423. The van der Waals surface area contributed by atoms with Gasteiger partial charge >= 0.3 is 0 Å². The van der Waals surface area contributed by atoms with Crippen molar-refractivity contribution in [2.24, 2.45) is 10.7 Å². The van der Waals surface area contributed by atoms with Crippen LogP contribution in [0.2, 0.25) is 5.02 Å². The van der Waals surface area contributed by atoms with Crippen LogP contribution in [0.5, 0.6) is 0 Å². The van der Waals surface area contributed by atoms with Crippen LogP contribution >= 0.6 is 11.6 Å². The Kier molecular flexibility index (Phi) is 6.30. The van der Waals surface area contributed by atoms with E-state index in [-0.39, 0.29) is 16.9 Å². The highest BCUT2D eigenvalue weighted by Crippen LogP contribution is 2.45. The number of aromatic nitrogens is 1. The van der Waals surface area contributed by atoms with E-state index in [1.165, 1.54) is 30.5 Å². The molecule has 1 heterocycles. The minimum absolute atomic E-state index is 0.194. The topological polar surface area (TPSA) is 87.1 Å². The molecule has 1 fully saturated rings. The SMILES string of the molecule is C=C/C(=C\NC(N)=NCC1(c2ncccc2Cl)CCC1)c1cc(C#N)ccc1F. The largest absolute Gasteiger partial charge is 0.370 e. The number of hydrogen-bond acceptors (Lipinski definition) is 3. The Morgan fingerprint density at radius 2 is 2.24 bits per heavy atom. The minimum atomic E-state index is -0.453. The Balaban J connectivity index is 1.76. The molecule has 3 rings (SSSR count). The third-order valence-corrected chi connectivity index (χ3v) is 5.43. The maximum absolute atomic E-state index is 14.1. The van der Waals surface area contributed by atoms with Crippen LogP contribution in [0.3, 0.4) is 0 Å². The number of pyridine rings is 1. The first-order chi connectivity index (χ1) is 14.0. The van der Waals surface area contributed by atoms with Gasteiger partial charge in [0.05, 0.1) is 28.9 Å². The molecule has 29 heavy (non-hydrogen) atoms. The zero-order valence-electron chi connectivity index (χ0n) is 15.8. The van der Waals surface area contributed by atoms with E-state index in [0.717, 1.165) is 25.0 Å². The first-order valence-electron chi connectivity index (χ1n) is 9.19. The number of guanidine groups is 1. The molecule has 148 valence electrons. The molecule has 0 unspecified atom stereocenters. The van der Waals surface area contributed by atoms with Gasteiger partial charge in [0.15, 0.2) is 5.96 Å². The molecule has 0 spiro atoms. The van der Waals surface area contributed by atoms with Crippen LogP contribution in [-0.2, 0) is 5.41 Å². The van der Waals surface area contributed by atoms with Crippen molar-refractivity contribution < 1.29 is 4.39 Å². The van der Waals surface area contributed by atoms with Crippen LogP contribution in [0.15, 0.2) is 60.4 Å². The number of hydrogen-bond donors (Lipinski definition) is 2. The fraction of sp³-hybridized carbons (Fsp3) is 0.227. The second-order valence-corrected chi connectivity index (χ2v) is 7.33. The summed E-state index contributed by atoms with van der Waals surface area (Å²) in [5.41, 5.74) is 7.73. The second kappa shape index (κ2) is 8.89. The van der Waals surface area contributed by atoms with Crippen LogP contribution in [0.25, 0.3) is 5.57 Å². The van der Waals surface area contributed by atoms with Crippen molar-refractivity contribution in [1.29, 1.82) is 5.26 Å². The smallest absolute Gasteiger partial charge is 0.192 e. The molecule has 1 aliphatic rings. The first kappa shape index (κ1) is 20.6. The van der Waals surface area contributed by atoms with Gasteiger partial charge in [-0.25, -0.2) is 4.39 Å². The molecule has 0 atom stereocenters. The standard InChI is InChI=1S/C22H21ClFN5/c1-2-16(17-11-15(12-25)6-7-19(17)24)13-28-21(26)29-14-22(8-4-9-22)20-18(23)5-3-10-27-20/h2-3,5-7,10-11,13H,1,4,8-9,14H2,(H3,26,28,29)/b16-13+. The van der Waals surface area contributed by atoms with Crippen molar-refractivity contribution in [3.63, 3.8) is 0 Å². The highest BCUT2D eigenvalue weighted by atomic mass is 35.5. The van der Waals surface area contributed by atoms with Gasteiger partial charge in [0.1, 0.15) is 5.82 Å². The van der Waals surface area contributed by atoms with E-state index in [1.54, 1.807) is 12.3 Å². The summed E-state index contributed by atoms with van der Waals surface area (Å²) in [6.45, 7) is 4.16. The average molecular weight is 410 g/mol. The Morgan fingerprint density at radius 1 is 1.45 bits per heavy atom. The van der Waals surface area contributed by atoms with E-state index < -0.39 is 5.82 Å². The molecule has 3 N–H and O–H groups in total. The summed E-state index contributed by atoms with van der Waals surface area (Å²) in [4.78, 5) is 8.90. The maximum atomic E-state index is 14.1. The molecule has 0 saturated heterocycles. The monoisotopic (exact) mass is 409 g/mol.